The molecular formula is C26H27N3O4. The molecule has 0 amide bonds. The minimum atomic E-state index is -0.637. The highest BCUT2D eigenvalue weighted by atomic mass is 16.7. The molecule has 0 aliphatic carbocycles. The molecule has 3 rings (SSSR count). The summed E-state index contributed by atoms with van der Waals surface area (Å²) in [6.45, 7) is 10.1. The van der Waals surface area contributed by atoms with Gasteiger partial charge in [-0.3, -0.25) is 0 Å². The molecule has 0 spiro atoms. The zero-order chi connectivity index (χ0) is 24.1. The van der Waals surface area contributed by atoms with Crippen LogP contribution in [-0.2, 0) is 25.7 Å². The molecule has 3 aromatic rings. The molecule has 0 N–H and O–H groups in total. The number of hydrogen-bond acceptors (Lipinski definition) is 6. The fraction of sp³-hybridized carbons (Fsp3) is 0.308. The van der Waals surface area contributed by atoms with Crippen LogP contribution in [-0.4, -0.2) is 28.8 Å². The van der Waals surface area contributed by atoms with Gasteiger partial charge in [0.15, 0.2) is 0 Å². The number of rotatable bonds is 7. The molecule has 0 bridgehead atoms. The highest BCUT2D eigenvalue weighted by Gasteiger charge is 2.16. The summed E-state index contributed by atoms with van der Waals surface area (Å²) in [7, 11) is 0. The third-order valence-corrected chi connectivity index (χ3v) is 5.25. The van der Waals surface area contributed by atoms with Gasteiger partial charge in [-0.1, -0.05) is 31.1 Å². The lowest BCUT2D eigenvalue weighted by Crippen LogP contribution is -2.11. The van der Waals surface area contributed by atoms with E-state index >= 15 is 0 Å². The van der Waals surface area contributed by atoms with Crippen LogP contribution in [0.25, 0.3) is 27.9 Å². The van der Waals surface area contributed by atoms with Crippen molar-refractivity contribution in [2.45, 2.75) is 41.2 Å². The maximum absolute atomic E-state index is 12.0. The molecule has 1 heterocycles. The van der Waals surface area contributed by atoms with Crippen molar-refractivity contribution in [1.82, 2.24) is 4.57 Å². The van der Waals surface area contributed by atoms with Crippen LogP contribution in [0.1, 0.15) is 45.7 Å². The maximum Gasteiger partial charge on any atom is 0.348 e. The number of aromatic nitrogens is 1. The number of oxime groups is 1. The summed E-state index contributed by atoms with van der Waals surface area (Å²) < 4.78 is 7.17. The summed E-state index contributed by atoms with van der Waals surface area (Å²) in [4.78, 5) is 28.2. The van der Waals surface area contributed by atoms with Crippen molar-refractivity contribution in [2.75, 3.05) is 6.61 Å². The number of nitriles is 1. The van der Waals surface area contributed by atoms with Crippen LogP contribution in [0, 0.1) is 17.2 Å². The molecule has 33 heavy (non-hydrogen) atoms. The van der Waals surface area contributed by atoms with Crippen LogP contribution in [0.4, 0.5) is 0 Å². The number of benzene rings is 2. The Labute approximate surface area is 192 Å². The van der Waals surface area contributed by atoms with Crippen molar-refractivity contribution in [3.05, 3.63) is 53.1 Å². The van der Waals surface area contributed by atoms with E-state index in [0.717, 1.165) is 39.5 Å². The Morgan fingerprint density at radius 2 is 1.79 bits per heavy atom. The summed E-state index contributed by atoms with van der Waals surface area (Å²) in [5.74, 6) is -1.06. The molecular weight excluding hydrogens is 418 g/mol. The van der Waals surface area contributed by atoms with E-state index in [9.17, 15) is 14.9 Å². The van der Waals surface area contributed by atoms with E-state index in [1.165, 1.54) is 13.0 Å². The first-order valence-electron chi connectivity index (χ1n) is 10.9. The average molecular weight is 446 g/mol. The van der Waals surface area contributed by atoms with Gasteiger partial charge in [0.05, 0.1) is 12.3 Å². The third kappa shape index (κ3) is 4.96. The van der Waals surface area contributed by atoms with Crippen molar-refractivity contribution in [3.8, 4) is 6.07 Å². The number of ether oxygens (including phenoxy) is 1. The Balaban J connectivity index is 2.21. The second-order valence-electron chi connectivity index (χ2n) is 7.86. The van der Waals surface area contributed by atoms with E-state index < -0.39 is 11.9 Å². The van der Waals surface area contributed by atoms with Gasteiger partial charge in [0.2, 0.25) is 0 Å². The lowest BCUT2D eigenvalue weighted by molar-refractivity contribution is -0.141. The van der Waals surface area contributed by atoms with Gasteiger partial charge in [-0.2, -0.15) is 5.26 Å². The predicted octanol–water partition coefficient (Wildman–Crippen LogP) is 5.21. The topological polar surface area (TPSA) is 93.7 Å². The Morgan fingerprint density at radius 3 is 2.36 bits per heavy atom. The molecule has 0 fully saturated rings. The van der Waals surface area contributed by atoms with E-state index in [0.29, 0.717) is 5.71 Å². The van der Waals surface area contributed by atoms with Crippen LogP contribution in [0.15, 0.2) is 47.1 Å². The van der Waals surface area contributed by atoms with Gasteiger partial charge >= 0.3 is 11.9 Å². The largest absolute Gasteiger partial charge is 0.462 e. The third-order valence-electron chi connectivity index (χ3n) is 5.25. The molecule has 0 aliphatic heterocycles. The number of hydrogen-bond donors (Lipinski definition) is 0. The van der Waals surface area contributed by atoms with Crippen LogP contribution in [0.5, 0.6) is 0 Å². The molecule has 0 aliphatic rings. The smallest absolute Gasteiger partial charge is 0.348 e. The van der Waals surface area contributed by atoms with Gasteiger partial charge in [-0.05, 0) is 55.7 Å². The Kier molecular flexibility index (Phi) is 7.29. The lowest BCUT2D eigenvalue weighted by atomic mass is 9.98. The molecule has 0 radical (unpaired) electrons. The normalized spacial score (nSPS) is 12.3. The highest BCUT2D eigenvalue weighted by Crippen LogP contribution is 2.32. The van der Waals surface area contributed by atoms with E-state index in [4.69, 9.17) is 9.57 Å². The zero-order valence-corrected chi connectivity index (χ0v) is 19.5. The molecule has 0 saturated carbocycles. The maximum atomic E-state index is 12.0. The molecule has 0 saturated heterocycles. The fourth-order valence-electron chi connectivity index (χ4n) is 3.83. The number of carbonyl (C=O) groups excluding carboxylic acids is 2. The monoisotopic (exact) mass is 445 g/mol. The first-order chi connectivity index (χ1) is 15.8. The average Bonchev–Trinajstić information content (AvgIpc) is 3.09. The van der Waals surface area contributed by atoms with Crippen LogP contribution >= 0.6 is 0 Å². The second-order valence-corrected chi connectivity index (χ2v) is 7.86. The fourth-order valence-corrected chi connectivity index (χ4v) is 3.83. The quantitative estimate of drug-likeness (QED) is 0.124. The minimum Gasteiger partial charge on any atom is -0.462 e. The lowest BCUT2D eigenvalue weighted by Gasteiger charge is -2.10. The van der Waals surface area contributed by atoms with Crippen LogP contribution in [0.2, 0.25) is 0 Å². The molecule has 0 atom stereocenters. The van der Waals surface area contributed by atoms with Crippen molar-refractivity contribution in [2.24, 2.45) is 11.1 Å². The van der Waals surface area contributed by atoms with Gasteiger partial charge in [-0.15, -0.1) is 0 Å². The molecule has 2 aromatic carbocycles. The van der Waals surface area contributed by atoms with Crippen LogP contribution < -0.4 is 0 Å². The summed E-state index contributed by atoms with van der Waals surface area (Å²) >= 11 is 0. The Hall–Kier alpha value is -3.92. The first kappa shape index (κ1) is 23.7. The zero-order valence-electron chi connectivity index (χ0n) is 19.5. The molecule has 7 nitrogen and oxygen atoms in total. The van der Waals surface area contributed by atoms with E-state index in [2.05, 4.69) is 16.6 Å². The number of fused-ring (bicyclic) bond motifs is 3. The summed E-state index contributed by atoms with van der Waals surface area (Å²) in [5, 5.41) is 15.4. The Bertz CT molecular complexity index is 1320. The molecule has 0 unspecified atom stereocenters. The summed E-state index contributed by atoms with van der Waals surface area (Å²) in [5.41, 5.74) is 4.31. The summed E-state index contributed by atoms with van der Waals surface area (Å²) in [6.07, 6.45) is 1.54. The number of aryl methyl sites for hydroxylation is 1. The molecule has 1 aromatic heterocycles. The predicted molar refractivity (Wildman–Crippen MR) is 128 cm³/mol. The van der Waals surface area contributed by atoms with Gasteiger partial charge in [0.1, 0.15) is 11.6 Å². The van der Waals surface area contributed by atoms with Gasteiger partial charge in [0.25, 0.3) is 0 Å². The minimum absolute atomic E-state index is 0.0441. The molecule has 7 heteroatoms. The number of esters is 1. The van der Waals surface area contributed by atoms with Crippen molar-refractivity contribution < 1.29 is 19.2 Å². The Morgan fingerprint density at radius 1 is 1.12 bits per heavy atom. The number of nitrogens with zero attached hydrogens (tertiary/aromatic N) is 3. The standard InChI is InChI=1S/C26H27N3O4/c1-6-29-23-10-8-18(12-20(15-27)26(31)32-7-2)13-21(23)22-14-19(9-11-24(22)29)25(16(3)4)28-33-17(5)30/h8-14,16H,6-7H2,1-5H3. The SMILES string of the molecule is CCOC(=O)C(C#N)=Cc1ccc2c(c1)c1cc(C(=NOC(C)=O)C(C)C)ccc1n2CC. The second kappa shape index (κ2) is 10.1. The van der Waals surface area contributed by atoms with E-state index in [-0.39, 0.29) is 18.1 Å². The van der Waals surface area contributed by atoms with Gasteiger partial charge in [0, 0.05) is 40.8 Å². The van der Waals surface area contributed by atoms with Gasteiger partial charge < -0.3 is 14.1 Å². The van der Waals surface area contributed by atoms with E-state index in [1.807, 2.05) is 56.3 Å². The van der Waals surface area contributed by atoms with Gasteiger partial charge in [-0.25, -0.2) is 9.59 Å². The molecule has 170 valence electrons. The van der Waals surface area contributed by atoms with Crippen molar-refractivity contribution in [1.29, 1.82) is 5.26 Å². The first-order valence-corrected chi connectivity index (χ1v) is 10.9. The van der Waals surface area contributed by atoms with Crippen LogP contribution in [0.3, 0.4) is 0 Å². The van der Waals surface area contributed by atoms with E-state index in [1.54, 1.807) is 6.92 Å². The van der Waals surface area contributed by atoms with Crippen molar-refractivity contribution in [3.63, 3.8) is 0 Å². The van der Waals surface area contributed by atoms with Crippen molar-refractivity contribution >= 4 is 45.5 Å². The highest BCUT2D eigenvalue weighted by molar-refractivity contribution is 6.12. The summed E-state index contributed by atoms with van der Waals surface area (Å²) in [6, 6.07) is 13.8. The number of carbonyl (C=O) groups is 2.